The van der Waals surface area contributed by atoms with Crippen molar-refractivity contribution in [2.75, 3.05) is 0 Å². The molecule has 3 nitrogen and oxygen atoms in total. The van der Waals surface area contributed by atoms with Crippen molar-refractivity contribution in [3.05, 3.63) is 35.9 Å². The van der Waals surface area contributed by atoms with Crippen LogP contribution in [0.4, 0.5) is 0 Å². The van der Waals surface area contributed by atoms with Gasteiger partial charge in [-0.05, 0) is 35.0 Å². The number of rotatable bonds is 12. The van der Waals surface area contributed by atoms with E-state index in [0.717, 1.165) is 25.7 Å². The molecular formula is C22H38O3Si. The van der Waals surface area contributed by atoms with E-state index in [0.29, 0.717) is 16.6 Å². The maximum atomic E-state index is 10.7. The van der Waals surface area contributed by atoms with Crippen LogP contribution >= 0.6 is 0 Å². The van der Waals surface area contributed by atoms with Crippen molar-refractivity contribution < 1.29 is 14.3 Å². The summed E-state index contributed by atoms with van der Waals surface area (Å²) in [5.74, 6) is -0.702. The summed E-state index contributed by atoms with van der Waals surface area (Å²) in [4.78, 5) is 10.7. The summed E-state index contributed by atoms with van der Waals surface area (Å²) in [5.41, 5.74) is 2.92. The minimum Gasteiger partial charge on any atom is -0.481 e. The van der Waals surface area contributed by atoms with Gasteiger partial charge in [0.25, 0.3) is 0 Å². The first-order valence-corrected chi connectivity index (χ1v) is 12.3. The molecule has 0 bridgehead atoms. The van der Waals surface area contributed by atoms with E-state index < -0.39 is 14.3 Å². The van der Waals surface area contributed by atoms with Crippen LogP contribution in [0.2, 0.25) is 16.6 Å². The van der Waals surface area contributed by atoms with Gasteiger partial charge in [0, 0.05) is 6.42 Å². The van der Waals surface area contributed by atoms with Gasteiger partial charge in [0.1, 0.15) is 0 Å². The Hall–Kier alpha value is -1.13. The van der Waals surface area contributed by atoms with Crippen molar-refractivity contribution in [1.29, 1.82) is 0 Å². The van der Waals surface area contributed by atoms with Crippen LogP contribution in [0.25, 0.3) is 0 Å². The van der Waals surface area contributed by atoms with Crippen LogP contribution in [0.1, 0.15) is 85.3 Å². The predicted octanol–water partition coefficient (Wildman–Crippen LogP) is 6.95. The third-order valence-electron chi connectivity index (χ3n) is 5.58. The molecule has 0 aliphatic carbocycles. The summed E-state index contributed by atoms with van der Waals surface area (Å²) < 4.78 is 7.06. The highest BCUT2D eigenvalue weighted by atomic mass is 28.4. The highest BCUT2D eigenvalue weighted by Gasteiger charge is 2.46. The molecule has 0 radical (unpaired) electrons. The number of aliphatic carboxylic acids is 1. The topological polar surface area (TPSA) is 46.5 Å². The van der Waals surface area contributed by atoms with Crippen LogP contribution in [0.15, 0.2) is 30.3 Å². The quantitative estimate of drug-likeness (QED) is 0.316. The first-order valence-electron chi connectivity index (χ1n) is 10.2. The molecule has 0 amide bonds. The van der Waals surface area contributed by atoms with E-state index in [2.05, 4.69) is 65.8 Å². The van der Waals surface area contributed by atoms with E-state index in [9.17, 15) is 4.79 Å². The molecule has 0 aliphatic rings. The summed E-state index contributed by atoms with van der Waals surface area (Å²) >= 11 is 0. The fourth-order valence-corrected chi connectivity index (χ4v) is 9.96. The zero-order chi connectivity index (χ0) is 19.7. The predicted molar refractivity (Wildman–Crippen MR) is 112 cm³/mol. The Kier molecular flexibility index (Phi) is 9.59. The number of benzene rings is 1. The molecule has 1 aromatic carbocycles. The average molecular weight is 379 g/mol. The van der Waals surface area contributed by atoms with E-state index in [4.69, 9.17) is 9.53 Å². The molecule has 1 atom stereocenters. The third-order valence-corrected chi connectivity index (χ3v) is 11.7. The van der Waals surface area contributed by atoms with Gasteiger partial charge in [-0.3, -0.25) is 4.79 Å². The van der Waals surface area contributed by atoms with Crippen molar-refractivity contribution >= 4 is 14.3 Å². The SMILES string of the molecule is CC(C)[Si](OC(CCCCCC(=O)O)c1ccccc1)(C(C)C)C(C)C. The van der Waals surface area contributed by atoms with Gasteiger partial charge >= 0.3 is 5.97 Å². The molecule has 1 rings (SSSR count). The van der Waals surface area contributed by atoms with E-state index >= 15 is 0 Å². The van der Waals surface area contributed by atoms with Crippen LogP contribution in [-0.2, 0) is 9.22 Å². The van der Waals surface area contributed by atoms with Gasteiger partial charge in [0.2, 0.25) is 8.32 Å². The lowest BCUT2D eigenvalue weighted by Gasteiger charge is -2.45. The zero-order valence-electron chi connectivity index (χ0n) is 17.5. The largest absolute Gasteiger partial charge is 0.481 e. The van der Waals surface area contributed by atoms with E-state index in [-0.39, 0.29) is 12.5 Å². The molecule has 0 aliphatic heterocycles. The van der Waals surface area contributed by atoms with Gasteiger partial charge in [-0.25, -0.2) is 0 Å². The highest BCUT2D eigenvalue weighted by molar-refractivity contribution is 6.77. The number of unbranched alkanes of at least 4 members (excludes halogenated alkanes) is 2. The molecule has 0 fully saturated rings. The zero-order valence-corrected chi connectivity index (χ0v) is 18.5. The van der Waals surface area contributed by atoms with E-state index in [1.54, 1.807) is 0 Å². The van der Waals surface area contributed by atoms with Crippen molar-refractivity contribution in [3.63, 3.8) is 0 Å². The van der Waals surface area contributed by atoms with Crippen molar-refractivity contribution in [3.8, 4) is 0 Å². The first-order chi connectivity index (χ1) is 12.2. The van der Waals surface area contributed by atoms with Crippen LogP contribution < -0.4 is 0 Å². The third kappa shape index (κ3) is 6.24. The molecule has 0 aromatic heterocycles. The molecule has 148 valence electrons. The average Bonchev–Trinajstić information content (AvgIpc) is 2.56. The van der Waals surface area contributed by atoms with Crippen molar-refractivity contribution in [1.82, 2.24) is 0 Å². The molecule has 0 spiro atoms. The molecular weight excluding hydrogens is 340 g/mol. The second-order valence-corrected chi connectivity index (χ2v) is 13.7. The Balaban J connectivity index is 2.95. The Morgan fingerprint density at radius 3 is 1.92 bits per heavy atom. The smallest absolute Gasteiger partial charge is 0.303 e. The summed E-state index contributed by atoms with van der Waals surface area (Å²) in [5, 5.41) is 8.82. The first kappa shape index (κ1) is 22.9. The number of hydrogen-bond acceptors (Lipinski definition) is 2. The standard InChI is InChI=1S/C22H38O3Si/c1-17(2)26(18(3)4,19(5)6)25-21(20-13-9-7-10-14-20)15-11-8-12-16-22(23)24/h7,9-10,13-14,17-19,21H,8,11-12,15-16H2,1-6H3,(H,23,24). The molecule has 1 unspecified atom stereocenters. The van der Waals surface area contributed by atoms with Crippen LogP contribution in [0.5, 0.6) is 0 Å². The molecule has 26 heavy (non-hydrogen) atoms. The van der Waals surface area contributed by atoms with Crippen LogP contribution in [-0.4, -0.2) is 19.4 Å². The monoisotopic (exact) mass is 378 g/mol. The number of carbonyl (C=O) groups is 1. The number of carboxylic acid groups (broad SMARTS) is 1. The van der Waals surface area contributed by atoms with Gasteiger partial charge in [-0.2, -0.15) is 0 Å². The lowest BCUT2D eigenvalue weighted by molar-refractivity contribution is -0.137. The fourth-order valence-electron chi connectivity index (χ4n) is 4.40. The number of hydrogen-bond donors (Lipinski definition) is 1. The second kappa shape index (κ2) is 10.9. The number of carboxylic acids is 1. The molecule has 0 saturated heterocycles. The maximum absolute atomic E-state index is 10.7. The van der Waals surface area contributed by atoms with Gasteiger partial charge in [-0.1, -0.05) is 84.7 Å². The molecule has 0 heterocycles. The summed E-state index contributed by atoms with van der Waals surface area (Å²) in [6, 6.07) is 10.6. The Labute approximate surface area is 161 Å². The minimum absolute atomic E-state index is 0.111. The molecule has 0 saturated carbocycles. The molecule has 1 N–H and O–H groups in total. The Bertz CT molecular complexity index is 504. The lowest BCUT2D eigenvalue weighted by atomic mass is 10.0. The lowest BCUT2D eigenvalue weighted by Crippen LogP contribution is -2.48. The van der Waals surface area contributed by atoms with E-state index in [1.165, 1.54) is 5.56 Å². The van der Waals surface area contributed by atoms with Crippen molar-refractivity contribution in [2.24, 2.45) is 0 Å². The maximum Gasteiger partial charge on any atom is 0.303 e. The Morgan fingerprint density at radius 2 is 1.46 bits per heavy atom. The van der Waals surface area contributed by atoms with Crippen LogP contribution in [0, 0.1) is 0 Å². The molecule has 4 heteroatoms. The van der Waals surface area contributed by atoms with Gasteiger partial charge < -0.3 is 9.53 Å². The summed E-state index contributed by atoms with van der Waals surface area (Å²) in [6.07, 6.45) is 4.03. The minimum atomic E-state index is -1.95. The normalized spacial score (nSPS) is 13.6. The summed E-state index contributed by atoms with van der Waals surface area (Å²) in [6.45, 7) is 13.9. The van der Waals surface area contributed by atoms with Gasteiger partial charge in [-0.15, -0.1) is 0 Å². The van der Waals surface area contributed by atoms with Crippen molar-refractivity contribution in [2.45, 2.75) is 96.4 Å². The fraction of sp³-hybridized carbons (Fsp3) is 0.682. The summed E-state index contributed by atoms with van der Waals surface area (Å²) in [7, 11) is -1.95. The van der Waals surface area contributed by atoms with Gasteiger partial charge in [0.15, 0.2) is 0 Å². The Morgan fingerprint density at radius 1 is 0.923 bits per heavy atom. The highest BCUT2D eigenvalue weighted by Crippen LogP contribution is 2.46. The van der Waals surface area contributed by atoms with E-state index in [1.807, 2.05) is 6.07 Å². The molecule has 1 aromatic rings. The second-order valence-electron chi connectivity index (χ2n) is 8.33. The van der Waals surface area contributed by atoms with Crippen LogP contribution in [0.3, 0.4) is 0 Å². The van der Waals surface area contributed by atoms with Gasteiger partial charge in [0.05, 0.1) is 6.10 Å².